The molecule has 1 aliphatic rings. The van der Waals surface area contributed by atoms with Gasteiger partial charge in [0, 0.05) is 18.9 Å². The number of nitrogens with zero attached hydrogens (tertiary/aromatic N) is 1. The minimum absolute atomic E-state index is 0.417. The monoisotopic (exact) mass is 174 g/mol. The van der Waals surface area contributed by atoms with Gasteiger partial charge in [0.15, 0.2) is 0 Å². The fourth-order valence-corrected chi connectivity index (χ4v) is 1.49. The first-order valence-electron chi connectivity index (χ1n) is 4.58. The molecule has 0 radical (unpaired) electrons. The fourth-order valence-electron chi connectivity index (χ4n) is 1.49. The summed E-state index contributed by atoms with van der Waals surface area (Å²) in [4.78, 5) is 2.27. The highest BCUT2D eigenvalue weighted by Gasteiger charge is 2.12. The van der Waals surface area contributed by atoms with Gasteiger partial charge in [0.1, 0.15) is 0 Å². The Labute approximate surface area is 78.9 Å². The van der Waals surface area contributed by atoms with Crippen LogP contribution in [0.4, 0.5) is 0 Å². The SMILES string of the molecule is CC1NC=CN1Cc1ccccc1. The number of hydrogen-bond acceptors (Lipinski definition) is 2. The fraction of sp³-hybridized carbons (Fsp3) is 0.273. The van der Waals surface area contributed by atoms with E-state index < -0.39 is 0 Å². The van der Waals surface area contributed by atoms with Crippen molar-refractivity contribution in [3.05, 3.63) is 48.3 Å². The number of benzene rings is 1. The number of hydrogen-bond donors (Lipinski definition) is 1. The lowest BCUT2D eigenvalue weighted by molar-refractivity contribution is 0.290. The molecule has 1 atom stereocenters. The molecule has 2 heteroatoms. The summed E-state index contributed by atoms with van der Waals surface area (Å²) in [6.07, 6.45) is 4.51. The Balaban J connectivity index is 2.02. The first kappa shape index (κ1) is 8.17. The third-order valence-electron chi connectivity index (χ3n) is 2.31. The first-order chi connectivity index (χ1) is 6.36. The lowest BCUT2D eigenvalue weighted by Gasteiger charge is -2.21. The van der Waals surface area contributed by atoms with Crippen LogP contribution >= 0.6 is 0 Å². The summed E-state index contributed by atoms with van der Waals surface area (Å²) < 4.78 is 0. The van der Waals surface area contributed by atoms with E-state index in [4.69, 9.17) is 0 Å². The molecule has 2 nitrogen and oxygen atoms in total. The van der Waals surface area contributed by atoms with Crippen molar-refractivity contribution in [2.45, 2.75) is 19.6 Å². The Hall–Kier alpha value is -1.44. The lowest BCUT2D eigenvalue weighted by atomic mass is 10.2. The summed E-state index contributed by atoms with van der Waals surface area (Å²) in [6, 6.07) is 10.5. The molecule has 0 saturated carbocycles. The molecule has 13 heavy (non-hydrogen) atoms. The molecular formula is C11H14N2. The Kier molecular flexibility index (Phi) is 2.21. The topological polar surface area (TPSA) is 15.3 Å². The maximum atomic E-state index is 3.24. The van der Waals surface area contributed by atoms with E-state index in [2.05, 4.69) is 47.6 Å². The summed E-state index contributed by atoms with van der Waals surface area (Å²) in [5.41, 5.74) is 1.35. The van der Waals surface area contributed by atoms with Crippen LogP contribution in [-0.2, 0) is 6.54 Å². The molecule has 68 valence electrons. The first-order valence-corrected chi connectivity index (χ1v) is 4.58. The van der Waals surface area contributed by atoms with Crippen molar-refractivity contribution in [1.82, 2.24) is 10.2 Å². The van der Waals surface area contributed by atoms with Crippen molar-refractivity contribution >= 4 is 0 Å². The molecule has 0 fully saturated rings. The second kappa shape index (κ2) is 3.52. The molecule has 1 aromatic carbocycles. The van der Waals surface area contributed by atoms with Crippen LogP contribution in [-0.4, -0.2) is 11.1 Å². The summed E-state index contributed by atoms with van der Waals surface area (Å²) >= 11 is 0. The van der Waals surface area contributed by atoms with Gasteiger partial charge in [-0.1, -0.05) is 30.3 Å². The molecule has 1 N–H and O–H groups in total. The van der Waals surface area contributed by atoms with E-state index in [9.17, 15) is 0 Å². The second-order valence-electron chi connectivity index (χ2n) is 3.32. The Morgan fingerprint density at radius 2 is 2.08 bits per heavy atom. The standard InChI is InChI=1S/C11H14N2/c1-10-12-7-8-13(10)9-11-5-3-2-4-6-11/h2-8,10,12H,9H2,1H3. The third-order valence-corrected chi connectivity index (χ3v) is 2.31. The molecule has 0 aromatic heterocycles. The summed E-state index contributed by atoms with van der Waals surface area (Å²) in [5.74, 6) is 0. The smallest absolute Gasteiger partial charge is 0.0955 e. The molecule has 0 saturated heterocycles. The van der Waals surface area contributed by atoms with Gasteiger partial charge < -0.3 is 10.2 Å². The van der Waals surface area contributed by atoms with Crippen molar-refractivity contribution in [3.8, 4) is 0 Å². The Bertz CT molecular complexity index is 292. The summed E-state index contributed by atoms with van der Waals surface area (Å²) in [6.45, 7) is 3.13. The van der Waals surface area contributed by atoms with Crippen LogP contribution in [0.25, 0.3) is 0 Å². The van der Waals surface area contributed by atoms with E-state index in [0.29, 0.717) is 6.17 Å². The van der Waals surface area contributed by atoms with Gasteiger partial charge in [-0.3, -0.25) is 0 Å². The highest BCUT2D eigenvalue weighted by atomic mass is 15.3. The summed E-state index contributed by atoms with van der Waals surface area (Å²) in [7, 11) is 0. The Morgan fingerprint density at radius 1 is 1.31 bits per heavy atom. The van der Waals surface area contributed by atoms with E-state index in [0.717, 1.165) is 6.54 Å². The number of nitrogens with one attached hydrogen (secondary N) is 1. The maximum Gasteiger partial charge on any atom is 0.0955 e. The van der Waals surface area contributed by atoms with E-state index in [1.165, 1.54) is 5.56 Å². The van der Waals surface area contributed by atoms with Crippen LogP contribution in [0, 0.1) is 0 Å². The predicted molar refractivity (Wildman–Crippen MR) is 53.7 cm³/mol. The van der Waals surface area contributed by atoms with Crippen molar-refractivity contribution in [3.63, 3.8) is 0 Å². The molecule has 0 aliphatic carbocycles. The summed E-state index contributed by atoms with van der Waals surface area (Å²) in [5, 5.41) is 3.24. The van der Waals surface area contributed by atoms with Crippen LogP contribution in [0.5, 0.6) is 0 Å². The van der Waals surface area contributed by atoms with Gasteiger partial charge in [-0.2, -0.15) is 0 Å². The van der Waals surface area contributed by atoms with E-state index in [1.54, 1.807) is 0 Å². The molecular weight excluding hydrogens is 160 g/mol. The van der Waals surface area contributed by atoms with Gasteiger partial charge in [0.25, 0.3) is 0 Å². The van der Waals surface area contributed by atoms with Gasteiger partial charge in [0.2, 0.25) is 0 Å². The quantitative estimate of drug-likeness (QED) is 0.736. The largest absolute Gasteiger partial charge is 0.370 e. The van der Waals surface area contributed by atoms with Crippen LogP contribution in [0.3, 0.4) is 0 Å². The Morgan fingerprint density at radius 3 is 2.69 bits per heavy atom. The zero-order valence-electron chi connectivity index (χ0n) is 7.77. The lowest BCUT2D eigenvalue weighted by Crippen LogP contribution is -2.31. The van der Waals surface area contributed by atoms with Gasteiger partial charge in [-0.15, -0.1) is 0 Å². The van der Waals surface area contributed by atoms with Gasteiger partial charge in [0.05, 0.1) is 6.17 Å². The van der Waals surface area contributed by atoms with Crippen LogP contribution in [0.15, 0.2) is 42.7 Å². The minimum Gasteiger partial charge on any atom is -0.370 e. The van der Waals surface area contributed by atoms with Gasteiger partial charge >= 0.3 is 0 Å². The highest BCUT2D eigenvalue weighted by molar-refractivity contribution is 5.15. The molecule has 1 heterocycles. The van der Waals surface area contributed by atoms with Crippen molar-refractivity contribution in [2.24, 2.45) is 0 Å². The van der Waals surface area contributed by atoms with E-state index >= 15 is 0 Å². The maximum absolute atomic E-state index is 3.24. The van der Waals surface area contributed by atoms with Crippen molar-refractivity contribution in [1.29, 1.82) is 0 Å². The highest BCUT2D eigenvalue weighted by Crippen LogP contribution is 2.10. The molecule has 0 amide bonds. The van der Waals surface area contributed by atoms with Crippen molar-refractivity contribution < 1.29 is 0 Å². The zero-order chi connectivity index (χ0) is 9.10. The van der Waals surface area contributed by atoms with E-state index in [-0.39, 0.29) is 0 Å². The average Bonchev–Trinajstić information content (AvgIpc) is 2.54. The van der Waals surface area contributed by atoms with Crippen LogP contribution in [0.2, 0.25) is 0 Å². The van der Waals surface area contributed by atoms with Crippen LogP contribution < -0.4 is 5.32 Å². The minimum atomic E-state index is 0.417. The van der Waals surface area contributed by atoms with Gasteiger partial charge in [-0.25, -0.2) is 0 Å². The molecule has 0 spiro atoms. The predicted octanol–water partition coefficient (Wildman–Crippen LogP) is 1.91. The molecule has 1 aromatic rings. The second-order valence-corrected chi connectivity index (χ2v) is 3.32. The van der Waals surface area contributed by atoms with Crippen LogP contribution in [0.1, 0.15) is 12.5 Å². The molecule has 0 bridgehead atoms. The normalized spacial score (nSPS) is 20.4. The molecule has 2 rings (SSSR count). The third kappa shape index (κ3) is 1.83. The van der Waals surface area contributed by atoms with Crippen molar-refractivity contribution in [2.75, 3.05) is 0 Å². The number of rotatable bonds is 2. The van der Waals surface area contributed by atoms with Gasteiger partial charge in [-0.05, 0) is 12.5 Å². The molecule has 1 unspecified atom stereocenters. The molecule has 1 aliphatic heterocycles. The van der Waals surface area contributed by atoms with E-state index in [1.807, 2.05) is 12.3 Å². The zero-order valence-corrected chi connectivity index (χ0v) is 7.77. The average molecular weight is 174 g/mol.